The first-order valence-electron chi connectivity index (χ1n) is 6.61. The molecule has 1 amide bonds. The lowest BCUT2D eigenvalue weighted by Gasteiger charge is -2.26. The van der Waals surface area contributed by atoms with E-state index in [1.165, 1.54) is 0 Å². The summed E-state index contributed by atoms with van der Waals surface area (Å²) in [4.78, 5) is 15.4. The van der Waals surface area contributed by atoms with E-state index in [2.05, 4.69) is 15.5 Å². The van der Waals surface area contributed by atoms with E-state index in [0.717, 1.165) is 25.7 Å². The first-order chi connectivity index (χ1) is 9.15. The summed E-state index contributed by atoms with van der Waals surface area (Å²) in [5.41, 5.74) is 5.82. The molecule has 1 aliphatic carbocycles. The smallest absolute Gasteiger partial charge is 0.292 e. The molecule has 0 radical (unpaired) electrons. The second-order valence-electron chi connectivity index (χ2n) is 4.80. The zero-order chi connectivity index (χ0) is 13.7. The molecule has 3 N–H and O–H groups in total. The number of aryl methyl sites for hydroxylation is 1. The molecule has 2 rings (SSSR count). The van der Waals surface area contributed by atoms with Crippen molar-refractivity contribution in [3.63, 3.8) is 0 Å². The van der Waals surface area contributed by atoms with Gasteiger partial charge in [-0.2, -0.15) is 4.98 Å². The van der Waals surface area contributed by atoms with Crippen molar-refractivity contribution in [2.45, 2.75) is 44.8 Å². The number of aromatic nitrogens is 2. The van der Waals surface area contributed by atoms with Gasteiger partial charge in [-0.05, 0) is 25.7 Å². The number of carbonyl (C=O) groups is 1. The first kappa shape index (κ1) is 14.0. The molecular formula is C12H20N4O3. The zero-order valence-corrected chi connectivity index (χ0v) is 11.1. The molecular weight excluding hydrogens is 248 g/mol. The molecule has 1 aliphatic rings. The molecule has 0 bridgehead atoms. The lowest BCUT2D eigenvalue weighted by atomic mass is 9.94. The van der Waals surface area contributed by atoms with Crippen molar-refractivity contribution in [2.24, 2.45) is 5.73 Å². The van der Waals surface area contributed by atoms with Crippen LogP contribution in [0.4, 0.5) is 0 Å². The topological polar surface area (TPSA) is 103 Å². The van der Waals surface area contributed by atoms with Gasteiger partial charge < -0.3 is 20.3 Å². The summed E-state index contributed by atoms with van der Waals surface area (Å²) in [7, 11) is 0. The Morgan fingerprint density at radius 2 is 2.21 bits per heavy atom. The summed E-state index contributed by atoms with van der Waals surface area (Å²) >= 11 is 0. The first-order valence-corrected chi connectivity index (χ1v) is 6.61. The Hall–Kier alpha value is -1.47. The zero-order valence-electron chi connectivity index (χ0n) is 11.1. The molecule has 0 aliphatic heterocycles. The summed E-state index contributed by atoms with van der Waals surface area (Å²) < 4.78 is 10.4. The third-order valence-corrected chi connectivity index (χ3v) is 3.19. The van der Waals surface area contributed by atoms with E-state index >= 15 is 0 Å². The van der Waals surface area contributed by atoms with E-state index in [-0.39, 0.29) is 17.8 Å². The highest BCUT2D eigenvalue weighted by Crippen LogP contribution is 2.19. The molecule has 7 heteroatoms. The lowest BCUT2D eigenvalue weighted by molar-refractivity contribution is 0.0267. The van der Waals surface area contributed by atoms with Crippen molar-refractivity contribution in [1.82, 2.24) is 15.5 Å². The third kappa shape index (κ3) is 4.29. The number of ether oxygens (including phenoxy) is 1. The van der Waals surface area contributed by atoms with E-state index in [9.17, 15) is 4.79 Å². The van der Waals surface area contributed by atoms with Gasteiger partial charge in [0.15, 0.2) is 0 Å². The highest BCUT2D eigenvalue weighted by Gasteiger charge is 2.19. The second-order valence-corrected chi connectivity index (χ2v) is 4.80. The molecule has 1 heterocycles. The molecule has 1 aromatic rings. The predicted molar refractivity (Wildman–Crippen MR) is 67.6 cm³/mol. The van der Waals surface area contributed by atoms with Gasteiger partial charge in [0.05, 0.1) is 12.7 Å². The Morgan fingerprint density at radius 3 is 2.84 bits per heavy atom. The lowest BCUT2D eigenvalue weighted by Crippen LogP contribution is -2.33. The van der Waals surface area contributed by atoms with Gasteiger partial charge in [0.2, 0.25) is 5.89 Å². The Balaban J connectivity index is 1.60. The fourth-order valence-corrected chi connectivity index (χ4v) is 2.12. The minimum absolute atomic E-state index is 0.0566. The van der Waals surface area contributed by atoms with E-state index < -0.39 is 0 Å². The van der Waals surface area contributed by atoms with Crippen molar-refractivity contribution in [3.05, 3.63) is 11.7 Å². The molecule has 0 saturated heterocycles. The maximum atomic E-state index is 11.6. The predicted octanol–water partition coefficient (Wildman–Crippen LogP) is 0.394. The average Bonchev–Trinajstić information content (AvgIpc) is 2.83. The third-order valence-electron chi connectivity index (χ3n) is 3.19. The van der Waals surface area contributed by atoms with Crippen LogP contribution in [0.2, 0.25) is 0 Å². The van der Waals surface area contributed by atoms with Crippen LogP contribution in [0.1, 0.15) is 42.2 Å². The van der Waals surface area contributed by atoms with Gasteiger partial charge in [-0.25, -0.2) is 0 Å². The van der Waals surface area contributed by atoms with Crippen LogP contribution in [0.25, 0.3) is 0 Å². The van der Waals surface area contributed by atoms with Gasteiger partial charge >= 0.3 is 0 Å². The summed E-state index contributed by atoms with van der Waals surface area (Å²) in [5.74, 6) is 0.0900. The van der Waals surface area contributed by atoms with E-state index in [1.807, 2.05) is 0 Å². The van der Waals surface area contributed by atoms with E-state index in [4.69, 9.17) is 15.0 Å². The van der Waals surface area contributed by atoms with Crippen LogP contribution >= 0.6 is 0 Å². The monoisotopic (exact) mass is 268 g/mol. The van der Waals surface area contributed by atoms with Crippen LogP contribution in [0.3, 0.4) is 0 Å². The number of nitrogens with zero attached hydrogens (tertiary/aromatic N) is 2. The fraction of sp³-hybridized carbons (Fsp3) is 0.750. The minimum Gasteiger partial charge on any atom is -0.376 e. The maximum absolute atomic E-state index is 11.6. The number of nitrogens with two attached hydrogens (primary N) is 1. The van der Waals surface area contributed by atoms with Crippen molar-refractivity contribution in [3.8, 4) is 0 Å². The van der Waals surface area contributed by atoms with Crippen molar-refractivity contribution >= 4 is 5.91 Å². The maximum Gasteiger partial charge on any atom is 0.292 e. The van der Waals surface area contributed by atoms with Crippen molar-refractivity contribution < 1.29 is 14.1 Å². The number of hydrogen-bond donors (Lipinski definition) is 2. The van der Waals surface area contributed by atoms with Gasteiger partial charge in [0, 0.05) is 19.5 Å². The van der Waals surface area contributed by atoms with Crippen LogP contribution in [0.15, 0.2) is 4.52 Å². The Morgan fingerprint density at radius 1 is 1.47 bits per heavy atom. The number of nitrogens with one attached hydrogen (secondary N) is 1. The number of carbonyl (C=O) groups excluding carboxylic acids is 1. The highest BCUT2D eigenvalue weighted by atomic mass is 16.5. The van der Waals surface area contributed by atoms with Gasteiger partial charge in [-0.3, -0.25) is 4.79 Å². The second kappa shape index (κ2) is 6.63. The molecule has 106 valence electrons. The van der Waals surface area contributed by atoms with E-state index in [0.29, 0.717) is 25.1 Å². The van der Waals surface area contributed by atoms with Gasteiger partial charge in [0.1, 0.15) is 0 Å². The molecule has 0 atom stereocenters. The summed E-state index contributed by atoms with van der Waals surface area (Å²) in [5, 5.41) is 6.23. The Kier molecular flexibility index (Phi) is 4.86. The Labute approximate surface area is 111 Å². The summed E-state index contributed by atoms with van der Waals surface area (Å²) in [6.07, 6.45) is 4.29. The molecule has 7 nitrogen and oxygen atoms in total. The average molecular weight is 268 g/mol. The van der Waals surface area contributed by atoms with Crippen molar-refractivity contribution in [1.29, 1.82) is 0 Å². The standard InChI is InChI=1S/C12H20N4O3/c1-8-15-11(16-19-8)12(17)14-6-7-18-10-4-2-9(13)3-5-10/h9-10H,2-7,13H2,1H3,(H,14,17). The SMILES string of the molecule is Cc1nc(C(=O)NCCOC2CCC(N)CC2)no1. The summed E-state index contributed by atoms with van der Waals surface area (Å²) in [6.45, 7) is 2.57. The number of hydrogen-bond acceptors (Lipinski definition) is 6. The molecule has 0 spiro atoms. The molecule has 0 unspecified atom stereocenters. The summed E-state index contributed by atoms with van der Waals surface area (Å²) in [6, 6.07) is 0.320. The van der Waals surface area contributed by atoms with Crippen molar-refractivity contribution in [2.75, 3.05) is 13.2 Å². The largest absolute Gasteiger partial charge is 0.376 e. The van der Waals surface area contributed by atoms with Crippen LogP contribution in [0, 0.1) is 6.92 Å². The van der Waals surface area contributed by atoms with Gasteiger partial charge in [-0.15, -0.1) is 0 Å². The number of amides is 1. The van der Waals surface area contributed by atoms with Gasteiger partial charge in [-0.1, -0.05) is 5.16 Å². The van der Waals surface area contributed by atoms with Crippen LogP contribution in [0.5, 0.6) is 0 Å². The molecule has 19 heavy (non-hydrogen) atoms. The van der Waals surface area contributed by atoms with Gasteiger partial charge in [0.25, 0.3) is 11.7 Å². The van der Waals surface area contributed by atoms with Crippen LogP contribution in [-0.4, -0.2) is 41.3 Å². The van der Waals surface area contributed by atoms with Crippen LogP contribution in [-0.2, 0) is 4.74 Å². The minimum atomic E-state index is -0.342. The quantitative estimate of drug-likeness (QED) is 0.749. The molecule has 0 aromatic carbocycles. The molecule has 1 fully saturated rings. The highest BCUT2D eigenvalue weighted by molar-refractivity contribution is 5.90. The molecule has 1 aromatic heterocycles. The number of rotatable bonds is 5. The van der Waals surface area contributed by atoms with E-state index in [1.54, 1.807) is 6.92 Å². The Bertz CT molecular complexity index is 413. The fourth-order valence-electron chi connectivity index (χ4n) is 2.12. The normalized spacial score (nSPS) is 23.3. The van der Waals surface area contributed by atoms with Crippen LogP contribution < -0.4 is 11.1 Å². The molecule has 1 saturated carbocycles.